The fourth-order valence-corrected chi connectivity index (χ4v) is 3.19. The Hall–Kier alpha value is -2.51. The van der Waals surface area contributed by atoms with Gasteiger partial charge in [0, 0.05) is 18.7 Å². The fraction of sp³-hybridized carbons (Fsp3) is 0.550. The van der Waals surface area contributed by atoms with Gasteiger partial charge in [-0.15, -0.1) is 0 Å². The minimum atomic E-state index is -0.984. The Morgan fingerprint density at radius 1 is 1.21 bits per heavy atom. The number of ether oxygens (including phenoxy) is 1. The maximum Gasteiger partial charge on any atom is 0.308 e. The van der Waals surface area contributed by atoms with Gasteiger partial charge in [0.2, 0.25) is 0 Å². The van der Waals surface area contributed by atoms with E-state index in [4.69, 9.17) is 4.74 Å². The molecule has 0 aliphatic heterocycles. The second-order valence-electron chi connectivity index (χ2n) is 7.14. The van der Waals surface area contributed by atoms with Crippen LogP contribution in [0.2, 0.25) is 0 Å². The topological polar surface area (TPSA) is 84.5 Å². The fourth-order valence-electron chi connectivity index (χ4n) is 3.19. The van der Waals surface area contributed by atoms with Crippen molar-refractivity contribution in [2.45, 2.75) is 58.1 Å². The summed E-state index contributed by atoms with van der Waals surface area (Å²) in [6.07, 6.45) is 3.09. The molecular formula is C20H26F2N2O4. The number of hydrogen-bond donors (Lipinski definition) is 2. The molecule has 0 aromatic heterocycles. The molecule has 0 spiro atoms. The summed E-state index contributed by atoms with van der Waals surface area (Å²) in [6.45, 7) is 3.49. The molecule has 154 valence electrons. The van der Waals surface area contributed by atoms with Gasteiger partial charge in [0.15, 0.2) is 6.10 Å². The van der Waals surface area contributed by atoms with E-state index in [1.54, 1.807) is 0 Å². The molecule has 1 aromatic carbocycles. The zero-order valence-electron chi connectivity index (χ0n) is 16.1. The lowest BCUT2D eigenvalue weighted by Gasteiger charge is -2.30. The highest BCUT2D eigenvalue weighted by atomic mass is 19.1. The van der Waals surface area contributed by atoms with E-state index in [0.29, 0.717) is 12.0 Å². The van der Waals surface area contributed by atoms with E-state index in [2.05, 4.69) is 17.6 Å². The summed E-state index contributed by atoms with van der Waals surface area (Å²) in [4.78, 5) is 35.9. The zero-order valence-corrected chi connectivity index (χ0v) is 16.1. The van der Waals surface area contributed by atoms with Crippen LogP contribution in [0.15, 0.2) is 18.2 Å². The van der Waals surface area contributed by atoms with Crippen LogP contribution < -0.4 is 10.6 Å². The Morgan fingerprint density at radius 2 is 1.93 bits per heavy atom. The molecule has 1 saturated carbocycles. The summed E-state index contributed by atoms with van der Waals surface area (Å²) >= 11 is 0. The first-order chi connectivity index (χ1) is 13.3. The average molecular weight is 396 g/mol. The third kappa shape index (κ3) is 6.28. The van der Waals surface area contributed by atoms with Gasteiger partial charge in [-0.25, -0.2) is 8.78 Å². The van der Waals surface area contributed by atoms with E-state index >= 15 is 0 Å². The third-order valence-corrected chi connectivity index (χ3v) is 4.91. The van der Waals surface area contributed by atoms with Gasteiger partial charge >= 0.3 is 5.97 Å². The van der Waals surface area contributed by atoms with Crippen LogP contribution in [0.4, 0.5) is 8.78 Å². The second kappa shape index (κ2) is 10.1. The Morgan fingerprint density at radius 3 is 2.61 bits per heavy atom. The average Bonchev–Trinajstić information content (AvgIpc) is 2.63. The van der Waals surface area contributed by atoms with Gasteiger partial charge in [-0.2, -0.15) is 0 Å². The second-order valence-corrected chi connectivity index (χ2v) is 7.14. The van der Waals surface area contributed by atoms with E-state index in [0.717, 1.165) is 37.8 Å². The normalized spacial score (nSPS) is 20.1. The summed E-state index contributed by atoms with van der Waals surface area (Å²) in [5.41, 5.74) is -0.316. The lowest BCUT2D eigenvalue weighted by atomic mass is 9.86. The summed E-state index contributed by atoms with van der Waals surface area (Å²) in [6, 6.07) is 2.69. The molecule has 0 bridgehead atoms. The lowest BCUT2D eigenvalue weighted by molar-refractivity contribution is -0.155. The largest absolute Gasteiger partial charge is 0.452 e. The molecule has 2 amide bonds. The maximum absolute atomic E-state index is 13.5. The van der Waals surface area contributed by atoms with Crippen LogP contribution in [0.3, 0.4) is 0 Å². The van der Waals surface area contributed by atoms with Crippen LogP contribution >= 0.6 is 0 Å². The van der Waals surface area contributed by atoms with Gasteiger partial charge < -0.3 is 15.4 Å². The summed E-state index contributed by atoms with van der Waals surface area (Å²) < 4.78 is 31.5. The Labute approximate surface area is 163 Å². The predicted octanol–water partition coefficient (Wildman–Crippen LogP) is 2.71. The van der Waals surface area contributed by atoms with Crippen LogP contribution in [-0.2, 0) is 14.3 Å². The quantitative estimate of drug-likeness (QED) is 0.694. The molecule has 1 aromatic rings. The van der Waals surface area contributed by atoms with E-state index in [1.807, 2.05) is 0 Å². The molecule has 6 nitrogen and oxygen atoms in total. The van der Waals surface area contributed by atoms with Gasteiger partial charge in [0.05, 0.1) is 12.0 Å². The van der Waals surface area contributed by atoms with Crippen LogP contribution in [0, 0.1) is 17.6 Å². The van der Waals surface area contributed by atoms with E-state index in [-0.39, 0.29) is 30.5 Å². The monoisotopic (exact) mass is 396 g/mol. The van der Waals surface area contributed by atoms with Crippen molar-refractivity contribution >= 4 is 17.8 Å². The summed E-state index contributed by atoms with van der Waals surface area (Å²) in [5.74, 6) is -3.14. The van der Waals surface area contributed by atoms with Gasteiger partial charge in [-0.1, -0.05) is 19.8 Å². The van der Waals surface area contributed by atoms with E-state index < -0.39 is 29.6 Å². The number of amides is 2. The standard InChI is InChI=1S/C20H26F2N2O4/c1-12-5-3-4-6-17(12)24-19(26)13(2)28-18(25)9-10-23-20(27)15-8-7-14(21)11-16(15)22/h7-8,11-13,17H,3-6,9-10H2,1-2H3,(H,23,27)(H,24,26). The first-order valence-electron chi connectivity index (χ1n) is 9.51. The zero-order chi connectivity index (χ0) is 20.7. The van der Waals surface area contributed by atoms with Crippen molar-refractivity contribution in [1.29, 1.82) is 0 Å². The molecule has 3 atom stereocenters. The molecule has 3 unspecified atom stereocenters. The van der Waals surface area contributed by atoms with Crippen molar-refractivity contribution in [3.05, 3.63) is 35.4 Å². The van der Waals surface area contributed by atoms with E-state index in [9.17, 15) is 23.2 Å². The predicted molar refractivity (Wildman–Crippen MR) is 98.4 cm³/mol. The lowest BCUT2D eigenvalue weighted by Crippen LogP contribution is -2.46. The minimum absolute atomic E-state index is 0.0901. The van der Waals surface area contributed by atoms with Crippen molar-refractivity contribution < 1.29 is 27.9 Å². The number of benzene rings is 1. The molecule has 0 saturated heterocycles. The highest BCUT2D eigenvalue weighted by Crippen LogP contribution is 2.23. The number of nitrogens with one attached hydrogen (secondary N) is 2. The van der Waals surface area contributed by atoms with Gasteiger partial charge in [0.1, 0.15) is 11.6 Å². The van der Waals surface area contributed by atoms with Gasteiger partial charge in [-0.3, -0.25) is 14.4 Å². The van der Waals surface area contributed by atoms with Crippen molar-refractivity contribution in [1.82, 2.24) is 10.6 Å². The number of carbonyl (C=O) groups is 3. The van der Waals surface area contributed by atoms with Gasteiger partial charge in [0.25, 0.3) is 11.8 Å². The molecule has 0 heterocycles. The van der Waals surface area contributed by atoms with E-state index in [1.165, 1.54) is 6.92 Å². The number of esters is 1. The molecule has 1 aliphatic carbocycles. The minimum Gasteiger partial charge on any atom is -0.452 e. The molecule has 1 fully saturated rings. The molecule has 1 aliphatic rings. The smallest absolute Gasteiger partial charge is 0.308 e. The SMILES string of the molecule is CC(OC(=O)CCNC(=O)c1ccc(F)cc1F)C(=O)NC1CCCCC1C. The highest BCUT2D eigenvalue weighted by molar-refractivity contribution is 5.94. The third-order valence-electron chi connectivity index (χ3n) is 4.91. The van der Waals surface area contributed by atoms with Crippen molar-refractivity contribution in [2.75, 3.05) is 6.54 Å². The first kappa shape index (κ1) is 21.8. The maximum atomic E-state index is 13.5. The molecular weight excluding hydrogens is 370 g/mol. The molecule has 2 rings (SSSR count). The number of rotatable bonds is 7. The summed E-state index contributed by atoms with van der Waals surface area (Å²) in [5, 5.41) is 5.28. The van der Waals surface area contributed by atoms with Gasteiger partial charge in [-0.05, 0) is 37.8 Å². The van der Waals surface area contributed by atoms with Crippen LogP contribution in [-0.4, -0.2) is 36.5 Å². The molecule has 2 N–H and O–H groups in total. The molecule has 8 heteroatoms. The number of hydrogen-bond acceptors (Lipinski definition) is 4. The van der Waals surface area contributed by atoms with Crippen molar-refractivity contribution in [3.8, 4) is 0 Å². The van der Waals surface area contributed by atoms with Crippen LogP contribution in [0.1, 0.15) is 56.3 Å². The Balaban J connectivity index is 1.72. The highest BCUT2D eigenvalue weighted by Gasteiger charge is 2.26. The van der Waals surface area contributed by atoms with Crippen LogP contribution in [0.25, 0.3) is 0 Å². The van der Waals surface area contributed by atoms with Crippen LogP contribution in [0.5, 0.6) is 0 Å². The number of halogens is 2. The molecule has 0 radical (unpaired) electrons. The number of carbonyl (C=O) groups excluding carboxylic acids is 3. The molecule has 28 heavy (non-hydrogen) atoms. The summed E-state index contributed by atoms with van der Waals surface area (Å²) in [7, 11) is 0. The Bertz CT molecular complexity index is 726. The Kier molecular flexibility index (Phi) is 7.90. The van der Waals surface area contributed by atoms with Crippen molar-refractivity contribution in [2.24, 2.45) is 5.92 Å². The van der Waals surface area contributed by atoms with Crippen molar-refractivity contribution in [3.63, 3.8) is 0 Å². The first-order valence-corrected chi connectivity index (χ1v) is 9.51.